The number of nitrogens with zero attached hydrogens (tertiary/aromatic N) is 2. The van der Waals surface area contributed by atoms with Crippen molar-refractivity contribution >= 4 is 32.3 Å². The quantitative estimate of drug-likeness (QED) is 0.424. The van der Waals surface area contributed by atoms with Crippen LogP contribution in [0.25, 0.3) is 16.6 Å². The van der Waals surface area contributed by atoms with Crippen molar-refractivity contribution in [2.24, 2.45) is 5.11 Å². The summed E-state index contributed by atoms with van der Waals surface area (Å²) < 4.78 is 40.4. The standard InChI is InChI=1S/C21H21FN6O3S/c22-15-1-6-19-14(11-15)12-18(21(29)26-19)20(27-23)13-25-16-2-4-17(5-3-16)32(30,31)28-9-7-24-8-10-28/h1-6,11-13,23-25H,7-10H2,(H,26,29)/b20-13-,27-23?. The van der Waals surface area contributed by atoms with Crippen LogP contribution in [0.2, 0.25) is 0 Å². The maximum Gasteiger partial charge on any atom is 0.258 e. The highest BCUT2D eigenvalue weighted by Crippen LogP contribution is 2.21. The van der Waals surface area contributed by atoms with Crippen LogP contribution in [-0.4, -0.2) is 43.9 Å². The smallest absolute Gasteiger partial charge is 0.258 e. The predicted octanol–water partition coefficient (Wildman–Crippen LogP) is 2.70. The Balaban J connectivity index is 1.57. The average Bonchev–Trinajstić information content (AvgIpc) is 2.81. The van der Waals surface area contributed by atoms with Crippen LogP contribution in [0.3, 0.4) is 0 Å². The van der Waals surface area contributed by atoms with E-state index in [2.05, 4.69) is 20.7 Å². The van der Waals surface area contributed by atoms with Crippen LogP contribution in [-0.2, 0) is 10.0 Å². The van der Waals surface area contributed by atoms with Crippen LogP contribution >= 0.6 is 0 Å². The molecule has 0 radical (unpaired) electrons. The highest BCUT2D eigenvalue weighted by molar-refractivity contribution is 7.89. The molecule has 0 unspecified atom stereocenters. The predicted molar refractivity (Wildman–Crippen MR) is 119 cm³/mol. The number of hydrogen-bond donors (Lipinski definition) is 4. The summed E-state index contributed by atoms with van der Waals surface area (Å²) in [6, 6.07) is 11.6. The molecule has 1 fully saturated rings. The van der Waals surface area contributed by atoms with Gasteiger partial charge in [0.2, 0.25) is 10.0 Å². The van der Waals surface area contributed by atoms with Gasteiger partial charge in [0, 0.05) is 49.0 Å². The lowest BCUT2D eigenvalue weighted by atomic mass is 10.1. The molecule has 1 aliphatic rings. The van der Waals surface area contributed by atoms with E-state index in [4.69, 9.17) is 5.53 Å². The minimum atomic E-state index is -3.56. The van der Waals surface area contributed by atoms with Crippen LogP contribution in [0.5, 0.6) is 0 Å². The highest BCUT2D eigenvalue weighted by atomic mass is 32.2. The molecule has 0 aliphatic carbocycles. The number of sulfonamides is 1. The molecule has 0 saturated carbocycles. The lowest BCUT2D eigenvalue weighted by molar-refractivity contribution is 0.360. The van der Waals surface area contributed by atoms with Gasteiger partial charge in [-0.25, -0.2) is 18.3 Å². The van der Waals surface area contributed by atoms with Crippen molar-refractivity contribution in [2.45, 2.75) is 4.90 Å². The van der Waals surface area contributed by atoms with Gasteiger partial charge in [0.25, 0.3) is 5.56 Å². The van der Waals surface area contributed by atoms with Crippen molar-refractivity contribution in [2.75, 3.05) is 31.5 Å². The fourth-order valence-electron chi connectivity index (χ4n) is 3.45. The van der Waals surface area contributed by atoms with E-state index in [9.17, 15) is 17.6 Å². The Morgan fingerprint density at radius 3 is 2.53 bits per heavy atom. The maximum absolute atomic E-state index is 13.5. The SMILES string of the molecule is N=N/C(=C\Nc1ccc(S(=O)(=O)N2CCNCC2)cc1)c1cc2cc(F)ccc2[nH]c1=O. The summed E-state index contributed by atoms with van der Waals surface area (Å²) in [5, 5.41) is 9.92. The number of nitrogens with one attached hydrogen (secondary N) is 4. The number of halogens is 1. The summed E-state index contributed by atoms with van der Waals surface area (Å²) in [6.45, 7) is 2.07. The number of aromatic nitrogens is 1. The molecule has 1 saturated heterocycles. The zero-order valence-electron chi connectivity index (χ0n) is 16.9. The van der Waals surface area contributed by atoms with Gasteiger partial charge < -0.3 is 15.6 Å². The first-order chi connectivity index (χ1) is 15.4. The van der Waals surface area contributed by atoms with Crippen LogP contribution in [0.15, 0.2) is 69.5 Å². The monoisotopic (exact) mass is 456 g/mol. The molecule has 32 heavy (non-hydrogen) atoms. The van der Waals surface area contributed by atoms with E-state index in [1.54, 1.807) is 12.1 Å². The zero-order chi connectivity index (χ0) is 22.7. The number of anilines is 1. The number of hydrogen-bond acceptors (Lipinski definition) is 7. The van der Waals surface area contributed by atoms with Gasteiger partial charge in [-0.05, 0) is 48.5 Å². The number of piperazine rings is 1. The maximum atomic E-state index is 13.5. The minimum Gasteiger partial charge on any atom is -0.360 e. The van der Waals surface area contributed by atoms with Crippen LogP contribution in [0.1, 0.15) is 5.56 Å². The van der Waals surface area contributed by atoms with E-state index in [1.165, 1.54) is 46.9 Å². The van der Waals surface area contributed by atoms with Crippen LogP contribution < -0.4 is 16.2 Å². The van der Waals surface area contributed by atoms with E-state index in [1.807, 2.05) is 0 Å². The highest BCUT2D eigenvalue weighted by Gasteiger charge is 2.25. The van der Waals surface area contributed by atoms with Gasteiger partial charge in [-0.1, -0.05) is 0 Å². The van der Waals surface area contributed by atoms with E-state index in [0.29, 0.717) is 42.8 Å². The summed E-state index contributed by atoms with van der Waals surface area (Å²) in [7, 11) is -3.56. The fraction of sp³-hybridized carbons (Fsp3) is 0.190. The van der Waals surface area contributed by atoms with E-state index in [0.717, 1.165) is 0 Å². The number of H-pyrrole nitrogens is 1. The number of fused-ring (bicyclic) bond motifs is 1. The van der Waals surface area contributed by atoms with Crippen molar-refractivity contribution in [3.63, 3.8) is 0 Å². The molecule has 4 N–H and O–H groups in total. The van der Waals surface area contributed by atoms with Crippen molar-refractivity contribution in [3.05, 3.63) is 76.5 Å². The van der Waals surface area contributed by atoms with E-state index < -0.39 is 21.4 Å². The molecule has 2 aromatic carbocycles. The zero-order valence-corrected chi connectivity index (χ0v) is 17.7. The van der Waals surface area contributed by atoms with Crippen molar-refractivity contribution in [3.8, 4) is 0 Å². The average molecular weight is 457 g/mol. The molecule has 9 nitrogen and oxygen atoms in total. The Hall–Kier alpha value is -3.41. The van der Waals surface area contributed by atoms with Gasteiger partial charge in [0.1, 0.15) is 11.5 Å². The molecular formula is C21H21FN6O3S. The molecular weight excluding hydrogens is 435 g/mol. The molecule has 11 heteroatoms. The van der Waals surface area contributed by atoms with Crippen LogP contribution in [0, 0.1) is 11.3 Å². The Labute approximate surface area is 183 Å². The van der Waals surface area contributed by atoms with Gasteiger partial charge in [0.15, 0.2) is 0 Å². The molecule has 0 atom stereocenters. The van der Waals surface area contributed by atoms with E-state index >= 15 is 0 Å². The minimum absolute atomic E-state index is 0.0370. The summed E-state index contributed by atoms with van der Waals surface area (Å²) in [5.74, 6) is -0.446. The fourth-order valence-corrected chi connectivity index (χ4v) is 4.89. The first-order valence-corrected chi connectivity index (χ1v) is 11.3. The lowest BCUT2D eigenvalue weighted by Gasteiger charge is -2.26. The van der Waals surface area contributed by atoms with E-state index in [-0.39, 0.29) is 16.2 Å². The second-order valence-electron chi connectivity index (χ2n) is 7.21. The van der Waals surface area contributed by atoms with Gasteiger partial charge in [-0.2, -0.15) is 9.42 Å². The van der Waals surface area contributed by atoms with Crippen molar-refractivity contribution in [1.29, 1.82) is 5.53 Å². The van der Waals surface area contributed by atoms with Crippen molar-refractivity contribution < 1.29 is 12.8 Å². The molecule has 4 rings (SSSR count). The van der Waals surface area contributed by atoms with Gasteiger partial charge in [-0.3, -0.25) is 4.79 Å². The third-order valence-corrected chi connectivity index (χ3v) is 7.06. The third kappa shape index (κ3) is 4.44. The summed E-state index contributed by atoms with van der Waals surface area (Å²) in [4.78, 5) is 15.2. The first kappa shape index (κ1) is 21.8. The molecule has 166 valence electrons. The summed E-state index contributed by atoms with van der Waals surface area (Å²) in [6.07, 6.45) is 1.36. The summed E-state index contributed by atoms with van der Waals surface area (Å²) in [5.41, 5.74) is 8.13. The molecule has 0 amide bonds. The Morgan fingerprint density at radius 2 is 1.84 bits per heavy atom. The van der Waals surface area contributed by atoms with Gasteiger partial charge >= 0.3 is 0 Å². The Morgan fingerprint density at radius 1 is 1.12 bits per heavy atom. The number of rotatable bonds is 6. The van der Waals surface area contributed by atoms with Gasteiger partial charge in [0.05, 0.1) is 10.5 Å². The van der Waals surface area contributed by atoms with Gasteiger partial charge in [-0.15, -0.1) is 0 Å². The number of benzene rings is 2. The molecule has 3 aromatic rings. The molecule has 1 aliphatic heterocycles. The molecule has 0 bridgehead atoms. The first-order valence-electron chi connectivity index (χ1n) is 9.86. The Bertz CT molecular complexity index is 1350. The molecule has 2 heterocycles. The topological polar surface area (TPSA) is 131 Å². The third-order valence-electron chi connectivity index (χ3n) is 5.15. The Kier molecular flexibility index (Phi) is 6.12. The second-order valence-corrected chi connectivity index (χ2v) is 9.15. The molecule has 0 spiro atoms. The normalized spacial score (nSPS) is 15.6. The second kappa shape index (κ2) is 8.99. The number of pyridine rings is 1. The number of aromatic amines is 1. The lowest BCUT2D eigenvalue weighted by Crippen LogP contribution is -2.46. The molecule has 1 aromatic heterocycles. The van der Waals surface area contributed by atoms with Crippen LogP contribution in [0.4, 0.5) is 10.1 Å². The largest absolute Gasteiger partial charge is 0.360 e. The van der Waals surface area contributed by atoms with Crippen molar-refractivity contribution in [1.82, 2.24) is 14.6 Å². The summed E-state index contributed by atoms with van der Waals surface area (Å²) >= 11 is 0.